The highest BCUT2D eigenvalue weighted by atomic mass is 35.5. The minimum atomic E-state index is -4.33. The Morgan fingerprint density at radius 3 is 2.35 bits per heavy atom. The molecule has 0 saturated heterocycles. The molecule has 6 heteroatoms. The van der Waals surface area contributed by atoms with Gasteiger partial charge in [-0.2, -0.15) is 13.2 Å². The van der Waals surface area contributed by atoms with Gasteiger partial charge in [-0.15, -0.1) is 11.3 Å². The van der Waals surface area contributed by atoms with E-state index in [2.05, 4.69) is 0 Å². The maximum Gasteiger partial charge on any atom is 0.416 e. The summed E-state index contributed by atoms with van der Waals surface area (Å²) >= 11 is 6.56. The number of halogens is 4. The van der Waals surface area contributed by atoms with Crippen LogP contribution in [0.1, 0.15) is 10.4 Å². The fraction of sp³-hybridized carbons (Fsp3) is 0.0714. The fourth-order valence-corrected chi connectivity index (χ4v) is 2.46. The van der Waals surface area contributed by atoms with Gasteiger partial charge in [-0.05, 0) is 58.5 Å². The number of benzene rings is 1. The van der Waals surface area contributed by atoms with E-state index in [-0.39, 0.29) is 0 Å². The lowest BCUT2D eigenvalue weighted by molar-refractivity contribution is -0.137. The third-order valence-corrected chi connectivity index (χ3v) is 3.57. The standard InChI is InChI=1S/C14H8ClF3OS/c15-13(19)6-5-12-7-10(8-20-12)9-1-3-11(4-2-9)14(16,17)18/h1-8H/b6-5+. The molecule has 0 bridgehead atoms. The highest BCUT2D eigenvalue weighted by Gasteiger charge is 2.29. The molecule has 1 aromatic heterocycles. The van der Waals surface area contributed by atoms with Crippen molar-refractivity contribution in [3.05, 3.63) is 52.2 Å². The molecule has 20 heavy (non-hydrogen) atoms. The first-order chi connectivity index (χ1) is 9.36. The number of carbonyl (C=O) groups is 1. The summed E-state index contributed by atoms with van der Waals surface area (Å²) in [7, 11) is 0. The van der Waals surface area contributed by atoms with Gasteiger partial charge < -0.3 is 0 Å². The molecule has 0 fully saturated rings. The van der Waals surface area contributed by atoms with Crippen LogP contribution in [0.3, 0.4) is 0 Å². The maximum absolute atomic E-state index is 12.5. The lowest BCUT2D eigenvalue weighted by atomic mass is 10.1. The fourth-order valence-electron chi connectivity index (χ4n) is 1.59. The maximum atomic E-state index is 12.5. The van der Waals surface area contributed by atoms with Gasteiger partial charge in [0.2, 0.25) is 5.24 Å². The molecule has 2 rings (SSSR count). The van der Waals surface area contributed by atoms with E-state index in [0.717, 1.165) is 22.6 Å². The van der Waals surface area contributed by atoms with Gasteiger partial charge in [-0.3, -0.25) is 4.79 Å². The molecule has 0 amide bonds. The molecule has 0 aliphatic heterocycles. The molecule has 0 aliphatic carbocycles. The average Bonchev–Trinajstić information content (AvgIpc) is 2.84. The second-order valence-corrected chi connectivity index (χ2v) is 5.27. The van der Waals surface area contributed by atoms with Crippen molar-refractivity contribution in [2.75, 3.05) is 0 Å². The van der Waals surface area contributed by atoms with Crippen LogP contribution in [0.25, 0.3) is 17.2 Å². The Morgan fingerprint density at radius 2 is 1.80 bits per heavy atom. The molecule has 104 valence electrons. The molecular formula is C14H8ClF3OS. The zero-order valence-electron chi connectivity index (χ0n) is 9.95. The number of thiophene rings is 1. The van der Waals surface area contributed by atoms with Crippen LogP contribution in [0.4, 0.5) is 13.2 Å². The number of allylic oxidation sites excluding steroid dienone is 1. The van der Waals surface area contributed by atoms with Crippen LogP contribution in [0.5, 0.6) is 0 Å². The highest BCUT2D eigenvalue weighted by Crippen LogP contribution is 2.32. The normalized spacial score (nSPS) is 12.0. The summed E-state index contributed by atoms with van der Waals surface area (Å²) in [6.07, 6.45) is -1.54. The molecule has 0 radical (unpaired) electrons. The summed E-state index contributed by atoms with van der Waals surface area (Å²) in [6.45, 7) is 0. The van der Waals surface area contributed by atoms with Gasteiger partial charge in [-0.25, -0.2) is 0 Å². The van der Waals surface area contributed by atoms with E-state index in [1.54, 1.807) is 17.5 Å². The number of alkyl halides is 3. The molecule has 2 aromatic rings. The Hall–Kier alpha value is -1.59. The monoisotopic (exact) mass is 316 g/mol. The van der Waals surface area contributed by atoms with Crippen LogP contribution >= 0.6 is 22.9 Å². The van der Waals surface area contributed by atoms with Gasteiger partial charge in [0.05, 0.1) is 5.56 Å². The van der Waals surface area contributed by atoms with Crippen LogP contribution < -0.4 is 0 Å². The smallest absolute Gasteiger partial charge is 0.276 e. The number of hydrogen-bond donors (Lipinski definition) is 0. The molecule has 1 heterocycles. The van der Waals surface area contributed by atoms with E-state index < -0.39 is 17.0 Å². The minimum absolute atomic E-state index is 0.575. The second kappa shape index (κ2) is 5.81. The van der Waals surface area contributed by atoms with Crippen LogP contribution in [0.2, 0.25) is 0 Å². The molecule has 0 unspecified atom stereocenters. The van der Waals surface area contributed by atoms with E-state index in [9.17, 15) is 18.0 Å². The molecule has 1 nitrogen and oxygen atoms in total. The topological polar surface area (TPSA) is 17.1 Å². The zero-order chi connectivity index (χ0) is 14.8. The van der Waals surface area contributed by atoms with E-state index in [4.69, 9.17) is 11.6 Å². The first kappa shape index (κ1) is 14.8. The van der Waals surface area contributed by atoms with Crippen molar-refractivity contribution in [2.24, 2.45) is 0 Å². The minimum Gasteiger partial charge on any atom is -0.276 e. The Morgan fingerprint density at radius 1 is 1.15 bits per heavy atom. The van der Waals surface area contributed by atoms with Gasteiger partial charge >= 0.3 is 6.18 Å². The average molecular weight is 317 g/mol. The third-order valence-electron chi connectivity index (χ3n) is 2.54. The lowest BCUT2D eigenvalue weighted by Gasteiger charge is -2.06. The first-order valence-corrected chi connectivity index (χ1v) is 6.76. The van der Waals surface area contributed by atoms with Gasteiger partial charge in [0, 0.05) is 4.88 Å². The summed E-state index contributed by atoms with van der Waals surface area (Å²) in [5, 5.41) is 1.23. The van der Waals surface area contributed by atoms with Crippen molar-refractivity contribution in [1.82, 2.24) is 0 Å². The quantitative estimate of drug-likeness (QED) is 0.561. The predicted octanol–water partition coefficient (Wildman–Crippen LogP) is 5.21. The van der Waals surface area contributed by atoms with Crippen LogP contribution in [0.15, 0.2) is 41.8 Å². The predicted molar refractivity (Wildman–Crippen MR) is 74.7 cm³/mol. The van der Waals surface area contributed by atoms with E-state index in [0.29, 0.717) is 5.56 Å². The molecule has 0 saturated carbocycles. The number of carbonyl (C=O) groups excluding carboxylic acids is 1. The second-order valence-electron chi connectivity index (χ2n) is 3.95. The first-order valence-electron chi connectivity index (χ1n) is 5.50. The van der Waals surface area contributed by atoms with Crippen molar-refractivity contribution in [1.29, 1.82) is 0 Å². The highest BCUT2D eigenvalue weighted by molar-refractivity contribution is 7.11. The lowest BCUT2D eigenvalue weighted by Crippen LogP contribution is -2.03. The van der Waals surface area contributed by atoms with Gasteiger partial charge in [0.25, 0.3) is 0 Å². The summed E-state index contributed by atoms with van der Waals surface area (Å²) < 4.78 is 37.4. The zero-order valence-corrected chi connectivity index (χ0v) is 11.5. The van der Waals surface area contributed by atoms with Crippen LogP contribution in [-0.2, 0) is 11.0 Å². The van der Waals surface area contributed by atoms with Gasteiger partial charge in [0.1, 0.15) is 0 Å². The summed E-state index contributed by atoms with van der Waals surface area (Å²) in [4.78, 5) is 11.4. The van der Waals surface area contributed by atoms with Gasteiger partial charge in [-0.1, -0.05) is 12.1 Å². The van der Waals surface area contributed by atoms with Crippen molar-refractivity contribution < 1.29 is 18.0 Å². The number of rotatable bonds is 3. The van der Waals surface area contributed by atoms with Crippen molar-refractivity contribution in [3.8, 4) is 11.1 Å². The third kappa shape index (κ3) is 3.71. The van der Waals surface area contributed by atoms with Crippen molar-refractivity contribution in [3.63, 3.8) is 0 Å². The number of hydrogen-bond acceptors (Lipinski definition) is 2. The van der Waals surface area contributed by atoms with Gasteiger partial charge in [0.15, 0.2) is 0 Å². The van der Waals surface area contributed by atoms with Crippen molar-refractivity contribution >= 4 is 34.3 Å². The van der Waals surface area contributed by atoms with Crippen molar-refractivity contribution in [2.45, 2.75) is 6.18 Å². The van der Waals surface area contributed by atoms with E-state index in [1.807, 2.05) is 0 Å². The summed E-state index contributed by atoms with van der Waals surface area (Å²) in [5.41, 5.74) is 0.806. The Kier molecular flexibility index (Phi) is 4.30. The van der Waals surface area contributed by atoms with E-state index >= 15 is 0 Å². The largest absolute Gasteiger partial charge is 0.416 e. The molecule has 0 aliphatic rings. The molecule has 1 aromatic carbocycles. The Bertz CT molecular complexity index is 641. The SMILES string of the molecule is O=C(Cl)/C=C/c1cc(-c2ccc(C(F)(F)F)cc2)cs1. The molecular weight excluding hydrogens is 309 g/mol. The summed E-state index contributed by atoms with van der Waals surface area (Å²) in [5.74, 6) is 0. The Labute approximate surface area is 122 Å². The van der Waals surface area contributed by atoms with E-state index in [1.165, 1.54) is 29.5 Å². The Balaban J connectivity index is 2.22. The molecule has 0 N–H and O–H groups in total. The molecule has 0 atom stereocenters. The molecule has 0 spiro atoms. The summed E-state index contributed by atoms with van der Waals surface area (Å²) in [6, 6.07) is 6.72. The van der Waals surface area contributed by atoms with Crippen LogP contribution in [-0.4, -0.2) is 5.24 Å². The van der Waals surface area contributed by atoms with Crippen LogP contribution in [0, 0.1) is 0 Å².